The summed E-state index contributed by atoms with van der Waals surface area (Å²) in [5, 5.41) is 3.31. The van der Waals surface area contributed by atoms with Gasteiger partial charge in [-0.3, -0.25) is 0 Å². The van der Waals surface area contributed by atoms with Crippen molar-refractivity contribution in [3.05, 3.63) is 17.9 Å². The van der Waals surface area contributed by atoms with Crippen molar-refractivity contribution in [1.29, 1.82) is 0 Å². The van der Waals surface area contributed by atoms with E-state index in [0.29, 0.717) is 24.3 Å². The van der Waals surface area contributed by atoms with E-state index >= 15 is 0 Å². The van der Waals surface area contributed by atoms with Crippen LogP contribution in [0.25, 0.3) is 0 Å². The Labute approximate surface area is 127 Å². The molecule has 0 bridgehead atoms. The molecule has 2 rings (SSSR count). The first-order valence-corrected chi connectivity index (χ1v) is 9.19. The van der Waals surface area contributed by atoms with Gasteiger partial charge in [0.25, 0.3) is 10.0 Å². The van der Waals surface area contributed by atoms with Gasteiger partial charge in [0, 0.05) is 12.1 Å². The topological polar surface area (TPSA) is 71.3 Å². The zero-order valence-electron chi connectivity index (χ0n) is 13.1. The normalized spacial score (nSPS) is 17.3. The van der Waals surface area contributed by atoms with Crippen LogP contribution in [0.15, 0.2) is 21.6 Å². The molecular weight excluding hydrogens is 288 g/mol. The number of hydrogen-bond acceptors (Lipinski definition) is 4. The average Bonchev–Trinajstić information content (AvgIpc) is 3.09. The highest BCUT2D eigenvalue weighted by molar-refractivity contribution is 7.89. The van der Waals surface area contributed by atoms with E-state index in [1.54, 1.807) is 6.07 Å². The molecule has 6 heteroatoms. The first kappa shape index (κ1) is 16.5. The molecule has 1 aromatic rings. The molecular formula is C15H26N2O3S. The largest absolute Gasteiger partial charge is 0.447 e. The van der Waals surface area contributed by atoms with E-state index < -0.39 is 10.0 Å². The van der Waals surface area contributed by atoms with E-state index in [9.17, 15) is 8.42 Å². The molecule has 0 aromatic carbocycles. The predicted molar refractivity (Wildman–Crippen MR) is 82.4 cm³/mol. The predicted octanol–water partition coefficient (Wildman–Crippen LogP) is 2.63. The first-order valence-electron chi connectivity index (χ1n) is 7.71. The monoisotopic (exact) mass is 314 g/mol. The van der Waals surface area contributed by atoms with Crippen molar-refractivity contribution in [2.24, 2.45) is 5.92 Å². The van der Waals surface area contributed by atoms with E-state index in [-0.39, 0.29) is 11.1 Å². The Morgan fingerprint density at radius 1 is 1.24 bits per heavy atom. The SMILES string of the molecule is CC(C)CCC(C)NS(=O)(=O)c1ccc(CNC2CC2)o1. The van der Waals surface area contributed by atoms with Gasteiger partial charge in [-0.15, -0.1) is 0 Å². The molecule has 1 saturated carbocycles. The van der Waals surface area contributed by atoms with Crippen LogP contribution in [0.1, 0.15) is 52.2 Å². The van der Waals surface area contributed by atoms with Crippen molar-refractivity contribution >= 4 is 10.0 Å². The minimum atomic E-state index is -3.55. The highest BCUT2D eigenvalue weighted by Crippen LogP contribution is 2.20. The van der Waals surface area contributed by atoms with Crippen LogP contribution in [0, 0.1) is 5.92 Å². The second-order valence-corrected chi connectivity index (χ2v) is 8.01. The summed E-state index contributed by atoms with van der Waals surface area (Å²) in [4.78, 5) is 0. The van der Waals surface area contributed by atoms with E-state index in [2.05, 4.69) is 23.9 Å². The first-order chi connectivity index (χ1) is 9.87. The summed E-state index contributed by atoms with van der Waals surface area (Å²) >= 11 is 0. The van der Waals surface area contributed by atoms with Gasteiger partial charge in [0.05, 0.1) is 6.54 Å². The Morgan fingerprint density at radius 3 is 2.57 bits per heavy atom. The fourth-order valence-corrected chi connectivity index (χ4v) is 3.32. The molecule has 1 fully saturated rings. The fourth-order valence-electron chi connectivity index (χ4n) is 2.10. The van der Waals surface area contributed by atoms with E-state index in [1.807, 2.05) is 6.92 Å². The smallest absolute Gasteiger partial charge is 0.274 e. The number of hydrogen-bond donors (Lipinski definition) is 2. The van der Waals surface area contributed by atoms with Crippen LogP contribution in [0.2, 0.25) is 0 Å². The third-order valence-corrected chi connectivity index (χ3v) is 5.04. The molecule has 1 unspecified atom stereocenters. The van der Waals surface area contributed by atoms with Crippen LogP contribution < -0.4 is 10.0 Å². The Kier molecular flexibility index (Phi) is 5.46. The maximum atomic E-state index is 12.2. The second-order valence-electron chi connectivity index (χ2n) is 6.37. The Morgan fingerprint density at radius 2 is 1.95 bits per heavy atom. The van der Waals surface area contributed by atoms with Gasteiger partial charge in [-0.05, 0) is 50.7 Å². The van der Waals surface area contributed by atoms with Crippen molar-refractivity contribution in [2.75, 3.05) is 0 Å². The molecule has 0 spiro atoms. The van der Waals surface area contributed by atoms with Crippen LogP contribution in [0.5, 0.6) is 0 Å². The Bertz CT molecular complexity index is 547. The molecule has 5 nitrogen and oxygen atoms in total. The lowest BCUT2D eigenvalue weighted by atomic mass is 10.1. The summed E-state index contributed by atoms with van der Waals surface area (Å²) in [6.45, 7) is 6.74. The molecule has 0 amide bonds. The van der Waals surface area contributed by atoms with Crippen LogP contribution in [-0.4, -0.2) is 20.5 Å². The maximum Gasteiger partial charge on any atom is 0.274 e. The molecule has 21 heavy (non-hydrogen) atoms. The van der Waals surface area contributed by atoms with Gasteiger partial charge in [0.15, 0.2) is 0 Å². The molecule has 1 aliphatic carbocycles. The van der Waals surface area contributed by atoms with Crippen LogP contribution in [0.4, 0.5) is 0 Å². The molecule has 1 aliphatic rings. The van der Waals surface area contributed by atoms with E-state index in [4.69, 9.17) is 4.42 Å². The fraction of sp³-hybridized carbons (Fsp3) is 0.733. The zero-order valence-corrected chi connectivity index (χ0v) is 13.9. The van der Waals surface area contributed by atoms with Gasteiger partial charge >= 0.3 is 0 Å². The third kappa shape index (κ3) is 5.45. The second kappa shape index (κ2) is 6.94. The molecule has 0 saturated heterocycles. The summed E-state index contributed by atoms with van der Waals surface area (Å²) in [6.07, 6.45) is 4.22. The van der Waals surface area contributed by atoms with Crippen LogP contribution in [-0.2, 0) is 16.6 Å². The minimum Gasteiger partial charge on any atom is -0.447 e. The highest BCUT2D eigenvalue weighted by Gasteiger charge is 2.23. The van der Waals surface area contributed by atoms with Gasteiger partial charge in [0.1, 0.15) is 5.76 Å². The van der Waals surface area contributed by atoms with E-state index in [0.717, 1.165) is 12.8 Å². The number of rotatable bonds is 9. The van der Waals surface area contributed by atoms with Gasteiger partial charge in [-0.2, -0.15) is 0 Å². The number of furan rings is 1. The summed E-state index contributed by atoms with van der Waals surface area (Å²) < 4.78 is 32.6. The minimum absolute atomic E-state index is 0.00601. The molecule has 120 valence electrons. The summed E-state index contributed by atoms with van der Waals surface area (Å²) in [5.41, 5.74) is 0. The third-order valence-electron chi connectivity index (χ3n) is 3.58. The van der Waals surface area contributed by atoms with Crippen LogP contribution >= 0.6 is 0 Å². The van der Waals surface area contributed by atoms with Crippen molar-refractivity contribution in [3.8, 4) is 0 Å². The lowest BCUT2D eigenvalue weighted by molar-refractivity contribution is 0.395. The lowest BCUT2D eigenvalue weighted by Crippen LogP contribution is -2.32. The quantitative estimate of drug-likeness (QED) is 0.735. The Hall–Kier alpha value is -0.850. The standard InChI is InChI=1S/C15H26N2O3S/c1-11(2)4-5-12(3)17-21(18,19)15-9-8-14(20-15)10-16-13-6-7-13/h8-9,11-13,16-17H,4-7,10H2,1-3H3. The van der Waals surface area contributed by atoms with Crippen molar-refractivity contribution in [3.63, 3.8) is 0 Å². The van der Waals surface area contributed by atoms with Gasteiger partial charge in [-0.25, -0.2) is 13.1 Å². The number of nitrogens with one attached hydrogen (secondary N) is 2. The van der Waals surface area contributed by atoms with Gasteiger partial charge in [0.2, 0.25) is 5.09 Å². The zero-order chi connectivity index (χ0) is 15.5. The van der Waals surface area contributed by atoms with Crippen LogP contribution in [0.3, 0.4) is 0 Å². The molecule has 0 aliphatic heterocycles. The molecule has 1 heterocycles. The number of sulfonamides is 1. The molecule has 2 N–H and O–H groups in total. The lowest BCUT2D eigenvalue weighted by Gasteiger charge is -2.14. The maximum absolute atomic E-state index is 12.2. The molecule has 1 atom stereocenters. The molecule has 1 aromatic heterocycles. The van der Waals surface area contributed by atoms with Crippen molar-refractivity contribution < 1.29 is 12.8 Å². The highest BCUT2D eigenvalue weighted by atomic mass is 32.2. The van der Waals surface area contributed by atoms with Crippen molar-refractivity contribution in [1.82, 2.24) is 10.0 Å². The summed E-state index contributed by atoms with van der Waals surface area (Å²) in [6, 6.07) is 3.74. The van der Waals surface area contributed by atoms with Gasteiger partial charge < -0.3 is 9.73 Å². The summed E-state index contributed by atoms with van der Waals surface area (Å²) in [5.74, 6) is 1.23. The summed E-state index contributed by atoms with van der Waals surface area (Å²) in [7, 11) is -3.55. The van der Waals surface area contributed by atoms with Gasteiger partial charge in [-0.1, -0.05) is 13.8 Å². The Balaban J connectivity index is 1.88. The van der Waals surface area contributed by atoms with E-state index in [1.165, 1.54) is 18.9 Å². The average molecular weight is 314 g/mol. The molecule has 0 radical (unpaired) electrons. The van der Waals surface area contributed by atoms with Crippen molar-refractivity contribution in [2.45, 2.75) is 70.2 Å².